The molecule has 0 saturated carbocycles. The maximum absolute atomic E-state index is 13.2. The third kappa shape index (κ3) is 3.57. The van der Waals surface area contributed by atoms with Gasteiger partial charge >= 0.3 is 0 Å². The Labute approximate surface area is 109 Å². The molecule has 0 bridgehead atoms. The Hall–Kier alpha value is -1.34. The number of amides is 1. The molecule has 1 aromatic rings. The second-order valence-corrected chi connectivity index (χ2v) is 4.38. The number of carbonyl (C=O) groups excluding carboxylic acids is 1. The quantitative estimate of drug-likeness (QED) is 0.850. The van der Waals surface area contributed by atoms with Crippen molar-refractivity contribution in [3.63, 3.8) is 0 Å². The molecule has 0 heterocycles. The molecular formula is C13H13BrFNO. The number of hydrogen-bond donors (Lipinski definition) is 1. The highest BCUT2D eigenvalue weighted by molar-refractivity contribution is 9.10. The summed E-state index contributed by atoms with van der Waals surface area (Å²) < 4.78 is 13.4. The van der Waals surface area contributed by atoms with Crippen LogP contribution in [0.1, 0.15) is 30.1 Å². The predicted octanol–water partition coefficient (Wildman–Crippen LogP) is 3.12. The van der Waals surface area contributed by atoms with Gasteiger partial charge < -0.3 is 5.32 Å². The number of hydrogen-bond acceptors (Lipinski definition) is 1. The molecule has 2 nitrogen and oxygen atoms in total. The Morgan fingerprint density at radius 3 is 2.94 bits per heavy atom. The molecule has 0 radical (unpaired) electrons. The Bertz CT molecular complexity index is 453. The van der Waals surface area contributed by atoms with Crippen molar-refractivity contribution in [3.8, 4) is 12.3 Å². The fourth-order valence-corrected chi connectivity index (χ4v) is 1.83. The molecule has 0 aliphatic heterocycles. The summed E-state index contributed by atoms with van der Waals surface area (Å²) in [5.41, 5.74) is 0.278. The SMILES string of the molecule is C#CCC(CC)NC(=O)c1cccc(F)c1Br. The van der Waals surface area contributed by atoms with Crippen molar-refractivity contribution < 1.29 is 9.18 Å². The van der Waals surface area contributed by atoms with E-state index in [-0.39, 0.29) is 22.0 Å². The van der Waals surface area contributed by atoms with Crippen LogP contribution < -0.4 is 5.32 Å². The number of halogens is 2. The van der Waals surface area contributed by atoms with Crippen molar-refractivity contribution in [1.82, 2.24) is 5.32 Å². The predicted molar refractivity (Wildman–Crippen MR) is 69.1 cm³/mol. The molecule has 1 unspecified atom stereocenters. The largest absolute Gasteiger partial charge is 0.348 e. The van der Waals surface area contributed by atoms with Crippen LogP contribution in [-0.2, 0) is 0 Å². The number of nitrogens with one attached hydrogen (secondary N) is 1. The monoisotopic (exact) mass is 297 g/mol. The third-order valence-corrected chi connectivity index (χ3v) is 3.19. The third-order valence-electron chi connectivity index (χ3n) is 2.39. The van der Waals surface area contributed by atoms with Crippen LogP contribution in [0.15, 0.2) is 22.7 Å². The molecular weight excluding hydrogens is 285 g/mol. The van der Waals surface area contributed by atoms with Crippen LogP contribution in [0.25, 0.3) is 0 Å². The van der Waals surface area contributed by atoms with Gasteiger partial charge in [0.25, 0.3) is 5.91 Å². The number of carbonyl (C=O) groups is 1. The van der Waals surface area contributed by atoms with Crippen LogP contribution >= 0.6 is 15.9 Å². The zero-order chi connectivity index (χ0) is 12.8. The van der Waals surface area contributed by atoms with Gasteiger partial charge in [-0.15, -0.1) is 12.3 Å². The van der Waals surface area contributed by atoms with Crippen molar-refractivity contribution in [2.45, 2.75) is 25.8 Å². The van der Waals surface area contributed by atoms with Gasteiger partial charge in [-0.05, 0) is 34.5 Å². The molecule has 1 rings (SSSR count). The van der Waals surface area contributed by atoms with E-state index in [0.29, 0.717) is 6.42 Å². The maximum Gasteiger partial charge on any atom is 0.252 e. The van der Waals surface area contributed by atoms with Crippen molar-refractivity contribution >= 4 is 21.8 Å². The zero-order valence-electron chi connectivity index (χ0n) is 9.47. The maximum atomic E-state index is 13.2. The van der Waals surface area contributed by atoms with Crippen LogP contribution in [0.2, 0.25) is 0 Å². The highest BCUT2D eigenvalue weighted by atomic mass is 79.9. The van der Waals surface area contributed by atoms with Crippen LogP contribution in [-0.4, -0.2) is 11.9 Å². The molecule has 0 fully saturated rings. The van der Waals surface area contributed by atoms with Gasteiger partial charge in [0.2, 0.25) is 0 Å². The first-order valence-corrected chi connectivity index (χ1v) is 6.07. The van der Waals surface area contributed by atoms with E-state index in [4.69, 9.17) is 6.42 Å². The van der Waals surface area contributed by atoms with Gasteiger partial charge in [-0.3, -0.25) is 4.79 Å². The van der Waals surface area contributed by atoms with Crippen molar-refractivity contribution in [2.24, 2.45) is 0 Å². The Morgan fingerprint density at radius 2 is 2.35 bits per heavy atom. The minimum atomic E-state index is -0.456. The summed E-state index contributed by atoms with van der Waals surface area (Å²) in [6, 6.07) is 4.27. The lowest BCUT2D eigenvalue weighted by atomic mass is 10.1. The average molecular weight is 298 g/mol. The van der Waals surface area contributed by atoms with E-state index in [0.717, 1.165) is 6.42 Å². The fourth-order valence-electron chi connectivity index (χ4n) is 1.38. The molecule has 1 atom stereocenters. The Balaban J connectivity index is 2.83. The smallest absolute Gasteiger partial charge is 0.252 e. The molecule has 0 spiro atoms. The molecule has 1 aromatic carbocycles. The van der Waals surface area contributed by atoms with Crippen molar-refractivity contribution in [2.75, 3.05) is 0 Å². The molecule has 90 valence electrons. The fraction of sp³-hybridized carbons (Fsp3) is 0.308. The molecule has 0 aliphatic rings. The molecule has 1 N–H and O–H groups in total. The number of benzene rings is 1. The van der Waals surface area contributed by atoms with Crippen molar-refractivity contribution in [3.05, 3.63) is 34.1 Å². The summed E-state index contributed by atoms with van der Waals surface area (Å²) in [5.74, 6) is 1.72. The summed E-state index contributed by atoms with van der Waals surface area (Å²) in [4.78, 5) is 11.9. The van der Waals surface area contributed by atoms with Gasteiger partial charge in [-0.2, -0.15) is 0 Å². The Morgan fingerprint density at radius 1 is 1.65 bits per heavy atom. The topological polar surface area (TPSA) is 29.1 Å². The van der Waals surface area contributed by atoms with Gasteiger partial charge in [0, 0.05) is 12.5 Å². The van der Waals surface area contributed by atoms with E-state index < -0.39 is 5.82 Å². The molecule has 17 heavy (non-hydrogen) atoms. The number of terminal acetylenes is 1. The summed E-state index contributed by atoms with van der Waals surface area (Å²) in [6.45, 7) is 1.93. The lowest BCUT2D eigenvalue weighted by molar-refractivity contribution is 0.0935. The van der Waals surface area contributed by atoms with E-state index in [1.807, 2.05) is 6.92 Å². The van der Waals surface area contributed by atoms with Crippen LogP contribution in [0.5, 0.6) is 0 Å². The minimum Gasteiger partial charge on any atom is -0.348 e. The first-order valence-electron chi connectivity index (χ1n) is 5.28. The van der Waals surface area contributed by atoms with E-state index in [2.05, 4.69) is 27.2 Å². The van der Waals surface area contributed by atoms with Gasteiger partial charge in [-0.1, -0.05) is 13.0 Å². The second-order valence-electron chi connectivity index (χ2n) is 3.59. The van der Waals surface area contributed by atoms with Gasteiger partial charge in [-0.25, -0.2) is 4.39 Å². The molecule has 0 saturated heterocycles. The minimum absolute atomic E-state index is 0.0809. The lowest BCUT2D eigenvalue weighted by Gasteiger charge is -2.14. The standard InChI is InChI=1S/C13H13BrFNO/c1-3-6-9(4-2)16-13(17)10-7-5-8-11(15)12(10)14/h1,5,7-9H,4,6H2,2H3,(H,16,17). The van der Waals surface area contributed by atoms with Gasteiger partial charge in [0.15, 0.2) is 0 Å². The second kappa shape index (κ2) is 6.41. The van der Waals surface area contributed by atoms with Crippen LogP contribution in [0.4, 0.5) is 4.39 Å². The van der Waals surface area contributed by atoms with E-state index in [9.17, 15) is 9.18 Å². The molecule has 0 aromatic heterocycles. The van der Waals surface area contributed by atoms with E-state index in [1.54, 1.807) is 6.07 Å². The van der Waals surface area contributed by atoms with E-state index in [1.165, 1.54) is 12.1 Å². The molecule has 0 aliphatic carbocycles. The average Bonchev–Trinajstić information content (AvgIpc) is 2.31. The van der Waals surface area contributed by atoms with Crippen LogP contribution in [0.3, 0.4) is 0 Å². The highest BCUT2D eigenvalue weighted by Crippen LogP contribution is 2.20. The van der Waals surface area contributed by atoms with Gasteiger partial charge in [0.05, 0.1) is 10.0 Å². The van der Waals surface area contributed by atoms with E-state index >= 15 is 0 Å². The summed E-state index contributed by atoms with van der Waals surface area (Å²) in [5, 5.41) is 2.77. The lowest BCUT2D eigenvalue weighted by Crippen LogP contribution is -2.34. The first kappa shape index (κ1) is 13.7. The summed E-state index contributed by atoms with van der Waals surface area (Å²) in [7, 11) is 0. The first-order chi connectivity index (χ1) is 8.10. The number of rotatable bonds is 4. The highest BCUT2D eigenvalue weighted by Gasteiger charge is 2.15. The zero-order valence-corrected chi connectivity index (χ0v) is 11.1. The summed E-state index contributed by atoms with van der Waals surface area (Å²) in [6.07, 6.45) is 6.41. The van der Waals surface area contributed by atoms with Crippen molar-refractivity contribution in [1.29, 1.82) is 0 Å². The van der Waals surface area contributed by atoms with Crippen LogP contribution in [0, 0.1) is 18.2 Å². The normalized spacial score (nSPS) is 11.6. The Kier molecular flexibility index (Phi) is 5.17. The molecule has 1 amide bonds. The van der Waals surface area contributed by atoms with Gasteiger partial charge in [0.1, 0.15) is 5.82 Å². The summed E-state index contributed by atoms with van der Waals surface area (Å²) >= 11 is 3.06. The molecule has 4 heteroatoms.